The number of rotatable bonds is 2. The molecule has 1 aromatic rings. The molecule has 1 fully saturated rings. The number of hydrogen-bond donors (Lipinski definition) is 0. The average Bonchev–Trinajstić information content (AvgIpc) is 2.28. The molecule has 2 rings (SSSR count). The molecule has 0 radical (unpaired) electrons. The van der Waals surface area contributed by atoms with Gasteiger partial charge < -0.3 is 4.74 Å². The topological polar surface area (TPSA) is 46.6 Å². The molecular formula is C11H13F2NO3S. The average molecular weight is 277 g/mol. The van der Waals surface area contributed by atoms with Crippen LogP contribution < -0.4 is 0 Å². The number of hydrogen-bond acceptors (Lipinski definition) is 3. The minimum atomic E-state index is -4.15. The van der Waals surface area contributed by atoms with Gasteiger partial charge in [0.15, 0.2) is 4.90 Å². The van der Waals surface area contributed by atoms with Crippen molar-refractivity contribution in [2.45, 2.75) is 17.9 Å². The van der Waals surface area contributed by atoms with Crippen molar-refractivity contribution in [3.05, 3.63) is 29.8 Å². The first-order valence-electron chi connectivity index (χ1n) is 5.48. The van der Waals surface area contributed by atoms with E-state index < -0.39 is 26.6 Å². The molecule has 1 saturated heterocycles. The molecule has 0 bridgehead atoms. The summed E-state index contributed by atoms with van der Waals surface area (Å²) < 4.78 is 57.6. The van der Waals surface area contributed by atoms with E-state index in [9.17, 15) is 17.2 Å². The van der Waals surface area contributed by atoms with Gasteiger partial charge in [-0.2, -0.15) is 4.31 Å². The van der Waals surface area contributed by atoms with E-state index in [0.717, 1.165) is 22.5 Å². The van der Waals surface area contributed by atoms with E-state index in [1.807, 2.05) is 0 Å². The Bertz CT molecular complexity index is 527. The molecule has 1 atom stereocenters. The molecule has 1 aliphatic rings. The summed E-state index contributed by atoms with van der Waals surface area (Å²) in [5.74, 6) is -2.15. The zero-order valence-corrected chi connectivity index (χ0v) is 10.6. The summed E-state index contributed by atoms with van der Waals surface area (Å²) >= 11 is 0. The number of halogens is 2. The Morgan fingerprint density at radius 1 is 1.33 bits per heavy atom. The maximum absolute atomic E-state index is 13.5. The highest BCUT2D eigenvalue weighted by atomic mass is 32.2. The number of ether oxygens (including phenoxy) is 1. The molecule has 18 heavy (non-hydrogen) atoms. The van der Waals surface area contributed by atoms with Crippen LogP contribution >= 0.6 is 0 Å². The van der Waals surface area contributed by atoms with Crippen molar-refractivity contribution in [1.82, 2.24) is 4.31 Å². The predicted octanol–water partition coefficient (Wildman–Crippen LogP) is 1.37. The second kappa shape index (κ2) is 4.91. The van der Waals surface area contributed by atoms with Crippen LogP contribution in [0.1, 0.15) is 6.92 Å². The van der Waals surface area contributed by atoms with Crippen LogP contribution in [-0.2, 0) is 14.8 Å². The van der Waals surface area contributed by atoms with Gasteiger partial charge in [0, 0.05) is 13.1 Å². The highest BCUT2D eigenvalue weighted by Gasteiger charge is 2.33. The maximum Gasteiger partial charge on any atom is 0.249 e. The Balaban J connectivity index is 2.42. The lowest BCUT2D eigenvalue weighted by atomic mass is 10.3. The van der Waals surface area contributed by atoms with Gasteiger partial charge in [-0.05, 0) is 19.1 Å². The van der Waals surface area contributed by atoms with Crippen LogP contribution in [0.5, 0.6) is 0 Å². The van der Waals surface area contributed by atoms with E-state index >= 15 is 0 Å². The minimum Gasteiger partial charge on any atom is -0.376 e. The van der Waals surface area contributed by atoms with Crippen LogP contribution in [0, 0.1) is 11.6 Å². The van der Waals surface area contributed by atoms with Gasteiger partial charge in [0.1, 0.15) is 11.6 Å². The van der Waals surface area contributed by atoms with Crippen molar-refractivity contribution in [2.24, 2.45) is 0 Å². The molecule has 0 N–H and O–H groups in total. The zero-order chi connectivity index (χ0) is 13.3. The van der Waals surface area contributed by atoms with Gasteiger partial charge in [-0.25, -0.2) is 17.2 Å². The molecule has 100 valence electrons. The molecule has 4 nitrogen and oxygen atoms in total. The van der Waals surface area contributed by atoms with Gasteiger partial charge in [0.05, 0.1) is 12.7 Å². The summed E-state index contributed by atoms with van der Waals surface area (Å²) in [6.07, 6.45) is -0.289. The van der Waals surface area contributed by atoms with Gasteiger partial charge in [-0.3, -0.25) is 0 Å². The second-order valence-electron chi connectivity index (χ2n) is 4.10. The lowest BCUT2D eigenvalue weighted by Crippen LogP contribution is -2.44. The van der Waals surface area contributed by atoms with Crippen molar-refractivity contribution in [3.8, 4) is 0 Å². The van der Waals surface area contributed by atoms with Gasteiger partial charge in [0.25, 0.3) is 0 Å². The first-order valence-corrected chi connectivity index (χ1v) is 6.92. The molecule has 1 unspecified atom stereocenters. The largest absolute Gasteiger partial charge is 0.376 e. The van der Waals surface area contributed by atoms with Crippen molar-refractivity contribution in [1.29, 1.82) is 0 Å². The predicted molar refractivity (Wildman–Crippen MR) is 60.5 cm³/mol. The lowest BCUT2D eigenvalue weighted by molar-refractivity contribution is 0.0100. The molecule has 0 amide bonds. The highest BCUT2D eigenvalue weighted by Crippen LogP contribution is 2.23. The Morgan fingerprint density at radius 2 is 1.94 bits per heavy atom. The third-order valence-electron chi connectivity index (χ3n) is 2.72. The van der Waals surface area contributed by atoms with Crippen molar-refractivity contribution >= 4 is 10.0 Å². The van der Waals surface area contributed by atoms with Crippen LogP contribution in [0.15, 0.2) is 23.1 Å². The fourth-order valence-corrected chi connectivity index (χ4v) is 3.47. The van der Waals surface area contributed by atoms with Crippen molar-refractivity contribution < 1.29 is 21.9 Å². The standard InChI is InChI=1S/C11H13F2NO3S/c1-8-7-14(5-6-17-8)18(15,16)11-9(12)3-2-4-10(11)13/h2-4,8H,5-7H2,1H3. The van der Waals surface area contributed by atoms with Gasteiger partial charge in [-0.1, -0.05) is 6.07 Å². The molecule has 0 aliphatic carbocycles. The first-order chi connectivity index (χ1) is 8.43. The highest BCUT2D eigenvalue weighted by molar-refractivity contribution is 7.89. The number of sulfonamides is 1. The molecule has 1 heterocycles. The first kappa shape index (κ1) is 13.4. The smallest absolute Gasteiger partial charge is 0.249 e. The zero-order valence-electron chi connectivity index (χ0n) is 9.77. The third kappa shape index (κ3) is 2.38. The van der Waals surface area contributed by atoms with Crippen LogP contribution in [0.3, 0.4) is 0 Å². The fraction of sp³-hybridized carbons (Fsp3) is 0.455. The van der Waals surface area contributed by atoms with E-state index in [2.05, 4.69) is 0 Å². The molecule has 0 spiro atoms. The monoisotopic (exact) mass is 277 g/mol. The van der Waals surface area contributed by atoms with Crippen LogP contribution in [0.25, 0.3) is 0 Å². The third-order valence-corrected chi connectivity index (χ3v) is 4.64. The summed E-state index contributed by atoms with van der Waals surface area (Å²) in [6, 6.07) is 2.99. The van der Waals surface area contributed by atoms with E-state index in [0.29, 0.717) is 0 Å². The van der Waals surface area contributed by atoms with Crippen LogP contribution in [0.2, 0.25) is 0 Å². The quantitative estimate of drug-likeness (QED) is 0.820. The maximum atomic E-state index is 13.5. The summed E-state index contributed by atoms with van der Waals surface area (Å²) in [4.78, 5) is -0.890. The van der Waals surface area contributed by atoms with Crippen molar-refractivity contribution in [2.75, 3.05) is 19.7 Å². The molecular weight excluding hydrogens is 264 g/mol. The molecule has 1 aromatic carbocycles. The molecule has 7 heteroatoms. The Morgan fingerprint density at radius 3 is 2.50 bits per heavy atom. The second-order valence-corrected chi connectivity index (χ2v) is 5.97. The SMILES string of the molecule is CC1CN(S(=O)(=O)c2c(F)cccc2F)CCO1. The van der Waals surface area contributed by atoms with E-state index in [-0.39, 0.29) is 25.8 Å². The molecule has 1 aliphatic heterocycles. The summed E-state index contributed by atoms with van der Waals surface area (Å²) in [5.41, 5.74) is 0. The normalized spacial score (nSPS) is 22.1. The van der Waals surface area contributed by atoms with Crippen LogP contribution in [-0.4, -0.2) is 38.5 Å². The number of nitrogens with zero attached hydrogens (tertiary/aromatic N) is 1. The van der Waals surface area contributed by atoms with E-state index in [1.54, 1.807) is 6.92 Å². The Kier molecular flexibility index (Phi) is 3.65. The lowest BCUT2D eigenvalue weighted by Gasteiger charge is -2.30. The summed E-state index contributed by atoms with van der Waals surface area (Å²) in [6.45, 7) is 2.12. The molecule has 0 saturated carbocycles. The Hall–Kier alpha value is -1.05. The number of morpholine rings is 1. The van der Waals surface area contributed by atoms with E-state index in [4.69, 9.17) is 4.74 Å². The van der Waals surface area contributed by atoms with Crippen LogP contribution in [0.4, 0.5) is 8.78 Å². The minimum absolute atomic E-state index is 0.0934. The molecule has 0 aromatic heterocycles. The fourth-order valence-electron chi connectivity index (χ4n) is 1.86. The van der Waals surface area contributed by atoms with Gasteiger partial charge in [0.2, 0.25) is 10.0 Å². The Labute approximate surface area is 104 Å². The van der Waals surface area contributed by atoms with Crippen molar-refractivity contribution in [3.63, 3.8) is 0 Å². The summed E-state index contributed by atoms with van der Waals surface area (Å²) in [7, 11) is -4.15. The summed E-state index contributed by atoms with van der Waals surface area (Å²) in [5, 5.41) is 0. The van der Waals surface area contributed by atoms with Gasteiger partial charge in [-0.15, -0.1) is 0 Å². The number of benzene rings is 1. The van der Waals surface area contributed by atoms with E-state index in [1.165, 1.54) is 0 Å². The van der Waals surface area contributed by atoms with Gasteiger partial charge >= 0.3 is 0 Å².